The fourth-order valence-corrected chi connectivity index (χ4v) is 2.05. The van der Waals surface area contributed by atoms with Gasteiger partial charge in [-0.05, 0) is 25.2 Å². The first-order chi connectivity index (χ1) is 7.60. The van der Waals surface area contributed by atoms with Gasteiger partial charge in [-0.25, -0.2) is 0 Å². The lowest BCUT2D eigenvalue weighted by molar-refractivity contribution is -0.135. The number of hydrogen-bond acceptors (Lipinski definition) is 2. The summed E-state index contributed by atoms with van der Waals surface area (Å²) in [7, 11) is 0. The highest BCUT2D eigenvalue weighted by Crippen LogP contribution is 2.28. The Morgan fingerprint density at radius 1 is 1.56 bits per heavy atom. The predicted octanol–water partition coefficient (Wildman–Crippen LogP) is 1.78. The Bertz CT molecular complexity index is 246. The van der Waals surface area contributed by atoms with E-state index in [-0.39, 0.29) is 11.8 Å². The number of rotatable bonds is 7. The Labute approximate surface area is 98.7 Å². The molecular weight excluding hydrogens is 200 g/mol. The van der Waals surface area contributed by atoms with E-state index in [2.05, 4.69) is 20.4 Å². The van der Waals surface area contributed by atoms with Crippen LogP contribution in [0.25, 0.3) is 0 Å². The molecule has 3 heteroatoms. The molecule has 1 rings (SSSR count). The van der Waals surface area contributed by atoms with Crippen molar-refractivity contribution in [3.8, 4) is 0 Å². The molecule has 1 fully saturated rings. The second-order valence-electron chi connectivity index (χ2n) is 5.07. The lowest BCUT2D eigenvalue weighted by Gasteiger charge is -2.26. The molecule has 1 amide bonds. The summed E-state index contributed by atoms with van der Waals surface area (Å²) in [6.45, 7) is 9.09. The fourth-order valence-electron chi connectivity index (χ4n) is 2.05. The monoisotopic (exact) mass is 224 g/mol. The van der Waals surface area contributed by atoms with E-state index < -0.39 is 0 Å². The van der Waals surface area contributed by atoms with Gasteiger partial charge in [-0.15, -0.1) is 6.58 Å². The minimum absolute atomic E-state index is 0.0134. The molecule has 1 atom stereocenters. The second kappa shape index (κ2) is 6.04. The van der Waals surface area contributed by atoms with E-state index in [1.165, 1.54) is 0 Å². The quantitative estimate of drug-likeness (QED) is 0.670. The van der Waals surface area contributed by atoms with Gasteiger partial charge < -0.3 is 10.6 Å². The van der Waals surface area contributed by atoms with Gasteiger partial charge in [-0.1, -0.05) is 19.9 Å². The molecule has 0 spiro atoms. The van der Waals surface area contributed by atoms with Crippen LogP contribution >= 0.6 is 0 Å². The summed E-state index contributed by atoms with van der Waals surface area (Å²) in [6, 6.07) is 0.451. The first-order valence-corrected chi connectivity index (χ1v) is 6.21. The predicted molar refractivity (Wildman–Crippen MR) is 66.9 cm³/mol. The van der Waals surface area contributed by atoms with Crippen LogP contribution in [0.4, 0.5) is 0 Å². The van der Waals surface area contributed by atoms with Gasteiger partial charge in [0.1, 0.15) is 0 Å². The van der Waals surface area contributed by atoms with Crippen LogP contribution in [0.1, 0.15) is 33.1 Å². The molecule has 1 saturated carbocycles. The summed E-state index contributed by atoms with van der Waals surface area (Å²) in [5.74, 6) is 0.724. The maximum absolute atomic E-state index is 12.3. The van der Waals surface area contributed by atoms with Crippen molar-refractivity contribution in [3.63, 3.8) is 0 Å². The van der Waals surface area contributed by atoms with Crippen molar-refractivity contribution in [3.05, 3.63) is 12.7 Å². The van der Waals surface area contributed by atoms with E-state index in [1.807, 2.05) is 4.90 Å². The Morgan fingerprint density at radius 2 is 2.19 bits per heavy atom. The van der Waals surface area contributed by atoms with Gasteiger partial charge in [-0.3, -0.25) is 4.79 Å². The van der Waals surface area contributed by atoms with Crippen LogP contribution in [-0.2, 0) is 4.79 Å². The highest BCUT2D eigenvalue weighted by atomic mass is 16.2. The third-order valence-electron chi connectivity index (χ3n) is 2.99. The maximum Gasteiger partial charge on any atom is 0.227 e. The smallest absolute Gasteiger partial charge is 0.227 e. The number of amides is 1. The largest absolute Gasteiger partial charge is 0.336 e. The van der Waals surface area contributed by atoms with Crippen molar-refractivity contribution in [2.45, 2.75) is 39.2 Å². The van der Waals surface area contributed by atoms with Gasteiger partial charge >= 0.3 is 0 Å². The number of hydrogen-bond donors (Lipinski definition) is 1. The Morgan fingerprint density at radius 3 is 2.56 bits per heavy atom. The van der Waals surface area contributed by atoms with Gasteiger partial charge in [-0.2, -0.15) is 0 Å². The standard InChI is InChI=1S/C13H24N2O/c1-4-7-15(12-5-6-12)13(16)11(9-14)8-10(2)3/h4,10-12H,1,5-9,14H2,2-3H3. The summed E-state index contributed by atoms with van der Waals surface area (Å²) < 4.78 is 0. The Balaban J connectivity index is 2.59. The SMILES string of the molecule is C=CCN(C(=O)C(CN)CC(C)C)C1CC1. The van der Waals surface area contributed by atoms with E-state index in [9.17, 15) is 4.79 Å². The number of carbonyl (C=O) groups excluding carboxylic acids is 1. The molecule has 0 aromatic heterocycles. The third kappa shape index (κ3) is 3.63. The van der Waals surface area contributed by atoms with E-state index in [0.717, 1.165) is 19.3 Å². The highest BCUT2D eigenvalue weighted by Gasteiger charge is 2.34. The van der Waals surface area contributed by atoms with Crippen molar-refractivity contribution in [2.75, 3.05) is 13.1 Å². The van der Waals surface area contributed by atoms with Crippen molar-refractivity contribution in [2.24, 2.45) is 17.6 Å². The zero-order valence-corrected chi connectivity index (χ0v) is 10.5. The molecule has 1 aliphatic carbocycles. The lowest BCUT2D eigenvalue weighted by atomic mass is 9.95. The van der Waals surface area contributed by atoms with Crippen LogP contribution in [0.5, 0.6) is 0 Å². The summed E-state index contributed by atoms with van der Waals surface area (Å²) in [4.78, 5) is 14.2. The van der Waals surface area contributed by atoms with Crippen LogP contribution in [0.2, 0.25) is 0 Å². The second-order valence-corrected chi connectivity index (χ2v) is 5.07. The van der Waals surface area contributed by atoms with Gasteiger partial charge in [0.25, 0.3) is 0 Å². The molecule has 16 heavy (non-hydrogen) atoms. The number of nitrogens with zero attached hydrogens (tertiary/aromatic N) is 1. The lowest BCUT2D eigenvalue weighted by Crippen LogP contribution is -2.41. The fraction of sp³-hybridized carbons (Fsp3) is 0.769. The highest BCUT2D eigenvalue weighted by molar-refractivity contribution is 5.79. The topological polar surface area (TPSA) is 46.3 Å². The summed E-state index contributed by atoms with van der Waals surface area (Å²) in [6.07, 6.45) is 4.96. The first kappa shape index (κ1) is 13.2. The molecule has 0 aromatic carbocycles. The maximum atomic E-state index is 12.3. The van der Waals surface area contributed by atoms with E-state index >= 15 is 0 Å². The van der Waals surface area contributed by atoms with Crippen LogP contribution in [0.15, 0.2) is 12.7 Å². The van der Waals surface area contributed by atoms with Gasteiger partial charge in [0.15, 0.2) is 0 Å². The molecule has 0 aromatic rings. The third-order valence-corrected chi connectivity index (χ3v) is 2.99. The van der Waals surface area contributed by atoms with Crippen LogP contribution in [0.3, 0.4) is 0 Å². The summed E-state index contributed by atoms with van der Waals surface area (Å²) >= 11 is 0. The van der Waals surface area contributed by atoms with Crippen LogP contribution < -0.4 is 5.73 Å². The zero-order chi connectivity index (χ0) is 12.1. The zero-order valence-electron chi connectivity index (χ0n) is 10.5. The van der Waals surface area contributed by atoms with E-state index in [4.69, 9.17) is 5.73 Å². The molecule has 1 unspecified atom stereocenters. The normalized spacial score (nSPS) is 17.2. The molecule has 0 heterocycles. The van der Waals surface area contributed by atoms with Crippen molar-refractivity contribution in [1.29, 1.82) is 0 Å². The summed E-state index contributed by atoms with van der Waals surface area (Å²) in [5.41, 5.74) is 5.70. The van der Waals surface area contributed by atoms with Crippen LogP contribution in [-0.4, -0.2) is 29.9 Å². The van der Waals surface area contributed by atoms with Gasteiger partial charge in [0, 0.05) is 19.1 Å². The molecule has 0 bridgehead atoms. The minimum Gasteiger partial charge on any atom is -0.336 e. The molecule has 92 valence electrons. The number of nitrogens with two attached hydrogens (primary N) is 1. The average molecular weight is 224 g/mol. The molecule has 3 nitrogen and oxygen atoms in total. The minimum atomic E-state index is -0.0134. The van der Waals surface area contributed by atoms with Crippen molar-refractivity contribution in [1.82, 2.24) is 4.90 Å². The van der Waals surface area contributed by atoms with Gasteiger partial charge in [0.05, 0.1) is 5.92 Å². The van der Waals surface area contributed by atoms with Crippen molar-refractivity contribution < 1.29 is 4.79 Å². The van der Waals surface area contributed by atoms with Crippen molar-refractivity contribution >= 4 is 5.91 Å². The molecule has 0 radical (unpaired) electrons. The summed E-state index contributed by atoms with van der Waals surface area (Å²) in [5, 5.41) is 0. The molecular formula is C13H24N2O. The Kier molecular flexibility index (Phi) is 5.00. The van der Waals surface area contributed by atoms with Crippen LogP contribution in [0, 0.1) is 11.8 Å². The molecule has 0 saturated heterocycles. The van der Waals surface area contributed by atoms with E-state index in [0.29, 0.717) is 25.0 Å². The van der Waals surface area contributed by atoms with E-state index in [1.54, 1.807) is 6.08 Å². The molecule has 2 N–H and O–H groups in total. The number of carbonyl (C=O) groups is 1. The average Bonchev–Trinajstić information content (AvgIpc) is 3.05. The first-order valence-electron chi connectivity index (χ1n) is 6.21. The van der Waals surface area contributed by atoms with Gasteiger partial charge in [0.2, 0.25) is 5.91 Å². The molecule has 1 aliphatic rings. The Hall–Kier alpha value is -0.830. The molecule has 0 aliphatic heterocycles.